The molecule has 3 nitrogen and oxygen atoms in total. The van der Waals surface area contributed by atoms with Gasteiger partial charge in [-0.15, -0.1) is 0 Å². The molecule has 1 saturated carbocycles. The third kappa shape index (κ3) is 2.71. The molecule has 0 radical (unpaired) electrons. The molecule has 0 heterocycles. The normalized spacial score (nSPS) is 21.1. The first-order chi connectivity index (χ1) is 6.62. The number of hydrogen-bond acceptors (Lipinski definition) is 2. The Hall–Kier alpha value is -0.570. The molecule has 1 fully saturated rings. The highest BCUT2D eigenvalue weighted by Gasteiger charge is 2.37. The van der Waals surface area contributed by atoms with Gasteiger partial charge in [0.25, 0.3) is 0 Å². The van der Waals surface area contributed by atoms with E-state index < -0.39 is 0 Å². The third-order valence-electron chi connectivity index (χ3n) is 3.40. The Balaban J connectivity index is 2.32. The van der Waals surface area contributed by atoms with Crippen LogP contribution in [0.1, 0.15) is 46.0 Å². The average molecular weight is 198 g/mol. The standard InChI is InChI=1S/C11H22N2O/c1-3-9(2)13-10(14)7-11(8-12)5-4-6-11/h9H,3-8,12H2,1-2H3,(H,13,14). The monoisotopic (exact) mass is 198 g/mol. The van der Waals surface area contributed by atoms with Crippen molar-refractivity contribution in [3.8, 4) is 0 Å². The van der Waals surface area contributed by atoms with Crippen LogP contribution in [-0.4, -0.2) is 18.5 Å². The second-order valence-electron chi connectivity index (χ2n) is 4.61. The van der Waals surface area contributed by atoms with Crippen LogP contribution in [0.2, 0.25) is 0 Å². The molecule has 1 rings (SSSR count). The fraction of sp³-hybridized carbons (Fsp3) is 0.909. The maximum atomic E-state index is 11.6. The zero-order valence-corrected chi connectivity index (χ0v) is 9.31. The first-order valence-electron chi connectivity index (χ1n) is 5.61. The van der Waals surface area contributed by atoms with E-state index in [4.69, 9.17) is 5.73 Å². The van der Waals surface area contributed by atoms with E-state index in [0.29, 0.717) is 13.0 Å². The Morgan fingerprint density at radius 1 is 1.57 bits per heavy atom. The number of carbonyl (C=O) groups is 1. The highest BCUT2D eigenvalue weighted by Crippen LogP contribution is 2.42. The van der Waals surface area contributed by atoms with Crippen LogP contribution in [0.4, 0.5) is 0 Å². The fourth-order valence-corrected chi connectivity index (χ4v) is 1.90. The molecule has 0 saturated heterocycles. The van der Waals surface area contributed by atoms with Gasteiger partial charge in [-0.05, 0) is 38.1 Å². The lowest BCUT2D eigenvalue weighted by Crippen LogP contribution is -2.43. The van der Waals surface area contributed by atoms with Crippen molar-refractivity contribution in [3.63, 3.8) is 0 Å². The third-order valence-corrected chi connectivity index (χ3v) is 3.40. The molecule has 0 aromatic carbocycles. The summed E-state index contributed by atoms with van der Waals surface area (Å²) < 4.78 is 0. The Bertz CT molecular complexity index is 194. The van der Waals surface area contributed by atoms with Crippen LogP contribution in [0.25, 0.3) is 0 Å². The summed E-state index contributed by atoms with van der Waals surface area (Å²) in [5.41, 5.74) is 5.84. The van der Waals surface area contributed by atoms with Crippen LogP contribution in [-0.2, 0) is 4.79 Å². The fourth-order valence-electron chi connectivity index (χ4n) is 1.90. The van der Waals surface area contributed by atoms with Gasteiger partial charge in [-0.1, -0.05) is 13.3 Å². The molecule has 1 unspecified atom stereocenters. The minimum absolute atomic E-state index is 0.136. The molecule has 14 heavy (non-hydrogen) atoms. The van der Waals surface area contributed by atoms with E-state index in [9.17, 15) is 4.79 Å². The lowest BCUT2D eigenvalue weighted by molar-refractivity contribution is -0.125. The number of amides is 1. The summed E-state index contributed by atoms with van der Waals surface area (Å²) in [4.78, 5) is 11.6. The Morgan fingerprint density at radius 3 is 2.57 bits per heavy atom. The van der Waals surface area contributed by atoms with Gasteiger partial charge in [0.1, 0.15) is 0 Å². The molecule has 0 aromatic rings. The zero-order valence-electron chi connectivity index (χ0n) is 9.31. The van der Waals surface area contributed by atoms with E-state index in [1.165, 1.54) is 6.42 Å². The smallest absolute Gasteiger partial charge is 0.220 e. The molecule has 3 heteroatoms. The largest absolute Gasteiger partial charge is 0.354 e. The topological polar surface area (TPSA) is 55.1 Å². The van der Waals surface area contributed by atoms with Gasteiger partial charge in [-0.2, -0.15) is 0 Å². The van der Waals surface area contributed by atoms with Gasteiger partial charge in [0.05, 0.1) is 0 Å². The van der Waals surface area contributed by atoms with Crippen molar-refractivity contribution in [3.05, 3.63) is 0 Å². The number of nitrogens with one attached hydrogen (secondary N) is 1. The van der Waals surface area contributed by atoms with E-state index in [1.807, 2.05) is 6.92 Å². The van der Waals surface area contributed by atoms with Crippen LogP contribution in [0.15, 0.2) is 0 Å². The van der Waals surface area contributed by atoms with E-state index in [0.717, 1.165) is 19.3 Å². The van der Waals surface area contributed by atoms with E-state index in [-0.39, 0.29) is 17.4 Å². The summed E-state index contributed by atoms with van der Waals surface area (Å²) in [5.74, 6) is 0.171. The van der Waals surface area contributed by atoms with Crippen LogP contribution in [0, 0.1) is 5.41 Å². The highest BCUT2D eigenvalue weighted by molar-refractivity contribution is 5.77. The number of hydrogen-bond donors (Lipinski definition) is 2. The maximum absolute atomic E-state index is 11.6. The van der Waals surface area contributed by atoms with Crippen LogP contribution >= 0.6 is 0 Å². The lowest BCUT2D eigenvalue weighted by Gasteiger charge is -2.40. The molecular formula is C11H22N2O. The van der Waals surface area contributed by atoms with Crippen molar-refractivity contribution in [2.75, 3.05) is 6.54 Å². The second-order valence-corrected chi connectivity index (χ2v) is 4.61. The first-order valence-corrected chi connectivity index (χ1v) is 5.61. The molecule has 0 aliphatic heterocycles. The number of rotatable bonds is 5. The Kier molecular flexibility index (Phi) is 3.93. The predicted molar refractivity (Wildman–Crippen MR) is 57.9 cm³/mol. The van der Waals surface area contributed by atoms with Crippen molar-refractivity contribution in [2.45, 2.75) is 52.0 Å². The first kappa shape index (κ1) is 11.5. The van der Waals surface area contributed by atoms with Gasteiger partial charge in [-0.3, -0.25) is 4.79 Å². The summed E-state index contributed by atoms with van der Waals surface area (Å²) in [6.45, 7) is 4.77. The summed E-state index contributed by atoms with van der Waals surface area (Å²) in [6, 6.07) is 0.289. The van der Waals surface area contributed by atoms with Gasteiger partial charge < -0.3 is 11.1 Å². The molecule has 1 amide bonds. The maximum Gasteiger partial charge on any atom is 0.220 e. The Morgan fingerprint density at radius 2 is 2.21 bits per heavy atom. The number of nitrogens with two attached hydrogens (primary N) is 1. The quantitative estimate of drug-likeness (QED) is 0.702. The molecule has 0 aromatic heterocycles. The Labute approximate surface area is 86.4 Å². The van der Waals surface area contributed by atoms with Crippen LogP contribution < -0.4 is 11.1 Å². The molecule has 0 bridgehead atoms. The second kappa shape index (κ2) is 4.78. The summed E-state index contributed by atoms with van der Waals surface area (Å²) in [5, 5.41) is 2.99. The van der Waals surface area contributed by atoms with Gasteiger partial charge in [0, 0.05) is 12.5 Å². The molecule has 82 valence electrons. The highest BCUT2D eigenvalue weighted by atomic mass is 16.1. The van der Waals surface area contributed by atoms with E-state index in [2.05, 4.69) is 12.2 Å². The van der Waals surface area contributed by atoms with Crippen molar-refractivity contribution in [1.29, 1.82) is 0 Å². The minimum atomic E-state index is 0.136. The van der Waals surface area contributed by atoms with E-state index >= 15 is 0 Å². The average Bonchev–Trinajstić information content (AvgIpc) is 2.11. The molecular weight excluding hydrogens is 176 g/mol. The minimum Gasteiger partial charge on any atom is -0.354 e. The van der Waals surface area contributed by atoms with Gasteiger partial charge in [-0.25, -0.2) is 0 Å². The summed E-state index contributed by atoms with van der Waals surface area (Å²) in [7, 11) is 0. The van der Waals surface area contributed by atoms with Crippen LogP contribution in [0.3, 0.4) is 0 Å². The van der Waals surface area contributed by atoms with Crippen molar-refractivity contribution in [1.82, 2.24) is 5.32 Å². The molecule has 0 spiro atoms. The van der Waals surface area contributed by atoms with Crippen molar-refractivity contribution < 1.29 is 4.79 Å². The van der Waals surface area contributed by atoms with Gasteiger partial charge >= 0.3 is 0 Å². The number of carbonyl (C=O) groups excluding carboxylic acids is 1. The molecule has 1 aliphatic rings. The van der Waals surface area contributed by atoms with Crippen LogP contribution in [0.5, 0.6) is 0 Å². The predicted octanol–water partition coefficient (Wildman–Crippen LogP) is 1.42. The lowest BCUT2D eigenvalue weighted by atomic mass is 9.66. The molecule has 1 atom stereocenters. The summed E-state index contributed by atoms with van der Waals surface area (Å²) >= 11 is 0. The van der Waals surface area contributed by atoms with Gasteiger partial charge in [0.2, 0.25) is 5.91 Å². The molecule has 1 aliphatic carbocycles. The van der Waals surface area contributed by atoms with Crippen molar-refractivity contribution >= 4 is 5.91 Å². The summed E-state index contributed by atoms with van der Waals surface area (Å²) in [6.07, 6.45) is 5.08. The van der Waals surface area contributed by atoms with E-state index in [1.54, 1.807) is 0 Å². The SMILES string of the molecule is CCC(C)NC(=O)CC1(CN)CCC1. The van der Waals surface area contributed by atoms with Gasteiger partial charge in [0.15, 0.2) is 0 Å². The van der Waals surface area contributed by atoms with Crippen molar-refractivity contribution in [2.24, 2.45) is 11.1 Å². The zero-order chi connectivity index (χ0) is 10.6. The molecule has 3 N–H and O–H groups in total.